The summed E-state index contributed by atoms with van der Waals surface area (Å²) in [6.45, 7) is 0.0483. The van der Waals surface area contributed by atoms with Gasteiger partial charge in [-0.1, -0.05) is 32.1 Å². The summed E-state index contributed by atoms with van der Waals surface area (Å²) < 4.78 is 0. The molecule has 2 amide bonds. The molecule has 0 heterocycles. The lowest BCUT2D eigenvalue weighted by Crippen LogP contribution is -2.50. The minimum absolute atomic E-state index is 0.0483. The van der Waals surface area contributed by atoms with Gasteiger partial charge in [-0.05, 0) is 25.7 Å². The van der Waals surface area contributed by atoms with Crippen LogP contribution in [0.4, 0.5) is 0 Å². The van der Waals surface area contributed by atoms with Crippen LogP contribution < -0.4 is 11.5 Å². The molecule has 5 heteroatoms. The second kappa shape index (κ2) is 7.07. The molecule has 5 nitrogen and oxygen atoms in total. The maximum absolute atomic E-state index is 12.8. The molecule has 0 aromatic carbocycles. The highest BCUT2D eigenvalue weighted by molar-refractivity contribution is 5.85. The van der Waals surface area contributed by atoms with Crippen molar-refractivity contribution in [1.29, 1.82) is 0 Å². The first-order valence-corrected chi connectivity index (χ1v) is 7.94. The van der Waals surface area contributed by atoms with E-state index >= 15 is 0 Å². The Morgan fingerprint density at radius 1 is 0.950 bits per heavy atom. The van der Waals surface area contributed by atoms with Crippen LogP contribution in [0.2, 0.25) is 0 Å². The number of carbonyl (C=O) groups is 2. The second-order valence-electron chi connectivity index (χ2n) is 6.28. The number of carbonyl (C=O) groups excluding carboxylic acids is 2. The lowest BCUT2D eigenvalue weighted by atomic mass is 9.93. The average Bonchev–Trinajstić information content (AvgIpc) is 2.84. The van der Waals surface area contributed by atoms with Gasteiger partial charge in [0.25, 0.3) is 0 Å². The van der Waals surface area contributed by atoms with Gasteiger partial charge in [0.05, 0.1) is 12.5 Å². The SMILES string of the molecule is NC(=O)CN(C(=O)C1CCCCCC1N)C1CCCC1. The van der Waals surface area contributed by atoms with E-state index in [-0.39, 0.29) is 30.5 Å². The molecule has 0 saturated heterocycles. The van der Waals surface area contributed by atoms with Gasteiger partial charge >= 0.3 is 0 Å². The average molecular weight is 281 g/mol. The fourth-order valence-corrected chi connectivity index (χ4v) is 3.63. The van der Waals surface area contributed by atoms with E-state index in [1.165, 1.54) is 0 Å². The van der Waals surface area contributed by atoms with Crippen LogP contribution in [-0.4, -0.2) is 35.3 Å². The molecule has 2 atom stereocenters. The number of primary amides is 1. The number of nitrogens with zero attached hydrogens (tertiary/aromatic N) is 1. The Morgan fingerprint density at radius 2 is 1.55 bits per heavy atom. The number of amides is 2. The van der Waals surface area contributed by atoms with Gasteiger partial charge in [0.1, 0.15) is 0 Å². The summed E-state index contributed by atoms with van der Waals surface area (Å²) in [7, 11) is 0. The normalized spacial score (nSPS) is 28.1. The minimum atomic E-state index is -0.424. The zero-order valence-corrected chi connectivity index (χ0v) is 12.2. The molecule has 114 valence electrons. The summed E-state index contributed by atoms with van der Waals surface area (Å²) >= 11 is 0. The Hall–Kier alpha value is -1.10. The summed E-state index contributed by atoms with van der Waals surface area (Å²) in [4.78, 5) is 25.8. The van der Waals surface area contributed by atoms with E-state index in [9.17, 15) is 9.59 Å². The van der Waals surface area contributed by atoms with Gasteiger partial charge in [-0.25, -0.2) is 0 Å². The number of hydrogen-bond acceptors (Lipinski definition) is 3. The van der Waals surface area contributed by atoms with Crippen molar-refractivity contribution in [2.75, 3.05) is 6.54 Å². The summed E-state index contributed by atoms with van der Waals surface area (Å²) in [6.07, 6.45) is 9.30. The van der Waals surface area contributed by atoms with E-state index in [0.29, 0.717) is 0 Å². The third-order valence-electron chi connectivity index (χ3n) is 4.76. The van der Waals surface area contributed by atoms with E-state index in [0.717, 1.165) is 57.8 Å². The number of hydrogen-bond donors (Lipinski definition) is 2. The zero-order valence-electron chi connectivity index (χ0n) is 12.2. The molecule has 4 N–H and O–H groups in total. The summed E-state index contributed by atoms with van der Waals surface area (Å²) in [6, 6.07) is 0.118. The van der Waals surface area contributed by atoms with Crippen molar-refractivity contribution in [3.63, 3.8) is 0 Å². The molecule has 2 unspecified atom stereocenters. The topological polar surface area (TPSA) is 89.4 Å². The third-order valence-corrected chi connectivity index (χ3v) is 4.76. The van der Waals surface area contributed by atoms with Crippen molar-refractivity contribution in [2.24, 2.45) is 17.4 Å². The molecular weight excluding hydrogens is 254 g/mol. The highest BCUT2D eigenvalue weighted by atomic mass is 16.2. The standard InChI is InChI=1S/C15H27N3O2/c16-13-9-3-1-2-8-12(13)15(20)18(10-14(17)19)11-6-4-5-7-11/h11-13H,1-10,16H2,(H2,17,19). The lowest BCUT2D eigenvalue weighted by molar-refractivity contribution is -0.142. The predicted octanol–water partition coefficient (Wildman–Crippen LogP) is 1.15. The first-order chi connectivity index (χ1) is 9.59. The molecule has 2 aliphatic carbocycles. The maximum atomic E-state index is 12.8. The molecule has 2 fully saturated rings. The van der Waals surface area contributed by atoms with Crippen molar-refractivity contribution in [3.8, 4) is 0 Å². The first-order valence-electron chi connectivity index (χ1n) is 7.94. The summed E-state index contributed by atoms with van der Waals surface area (Å²) in [5, 5.41) is 0. The molecule has 0 spiro atoms. The number of nitrogens with two attached hydrogens (primary N) is 2. The van der Waals surface area contributed by atoms with E-state index in [2.05, 4.69) is 0 Å². The highest BCUT2D eigenvalue weighted by Gasteiger charge is 2.35. The Bertz CT molecular complexity index is 353. The van der Waals surface area contributed by atoms with Crippen LogP contribution in [0.15, 0.2) is 0 Å². The van der Waals surface area contributed by atoms with Crippen molar-refractivity contribution >= 4 is 11.8 Å². The van der Waals surface area contributed by atoms with Gasteiger partial charge in [-0.3, -0.25) is 9.59 Å². The van der Waals surface area contributed by atoms with Gasteiger partial charge in [0.2, 0.25) is 11.8 Å². The molecule has 2 saturated carbocycles. The van der Waals surface area contributed by atoms with E-state index in [4.69, 9.17) is 11.5 Å². The molecular formula is C15H27N3O2. The van der Waals surface area contributed by atoms with Crippen LogP contribution in [0.3, 0.4) is 0 Å². The van der Waals surface area contributed by atoms with Crippen LogP contribution in [-0.2, 0) is 9.59 Å². The van der Waals surface area contributed by atoms with E-state index in [1.54, 1.807) is 4.90 Å². The molecule has 20 heavy (non-hydrogen) atoms. The molecule has 0 bridgehead atoms. The van der Waals surface area contributed by atoms with E-state index < -0.39 is 5.91 Å². The molecule has 0 aromatic rings. The smallest absolute Gasteiger partial charge is 0.237 e. The molecule has 0 aromatic heterocycles. The zero-order chi connectivity index (χ0) is 14.5. The van der Waals surface area contributed by atoms with Crippen molar-refractivity contribution in [3.05, 3.63) is 0 Å². The fraction of sp³-hybridized carbons (Fsp3) is 0.867. The minimum Gasteiger partial charge on any atom is -0.368 e. The number of rotatable bonds is 4. The van der Waals surface area contributed by atoms with Gasteiger partial charge in [0, 0.05) is 12.1 Å². The van der Waals surface area contributed by atoms with Crippen LogP contribution >= 0.6 is 0 Å². The third kappa shape index (κ3) is 3.72. The van der Waals surface area contributed by atoms with Crippen LogP contribution in [0.5, 0.6) is 0 Å². The molecule has 0 radical (unpaired) electrons. The largest absolute Gasteiger partial charge is 0.368 e. The Balaban J connectivity index is 2.09. The van der Waals surface area contributed by atoms with E-state index in [1.807, 2.05) is 0 Å². The summed E-state index contributed by atoms with van der Waals surface area (Å²) in [5.74, 6) is -0.491. The molecule has 2 rings (SSSR count). The highest BCUT2D eigenvalue weighted by Crippen LogP contribution is 2.29. The Kier molecular flexibility index (Phi) is 5.40. The van der Waals surface area contributed by atoms with Crippen molar-refractivity contribution in [2.45, 2.75) is 69.9 Å². The van der Waals surface area contributed by atoms with Gasteiger partial charge in [-0.2, -0.15) is 0 Å². The molecule has 2 aliphatic rings. The summed E-state index contributed by atoms with van der Waals surface area (Å²) in [5.41, 5.74) is 11.5. The quantitative estimate of drug-likeness (QED) is 0.757. The predicted molar refractivity (Wildman–Crippen MR) is 77.7 cm³/mol. The van der Waals surface area contributed by atoms with Gasteiger partial charge in [-0.15, -0.1) is 0 Å². The van der Waals surface area contributed by atoms with Crippen LogP contribution in [0.25, 0.3) is 0 Å². The van der Waals surface area contributed by atoms with Crippen molar-refractivity contribution in [1.82, 2.24) is 4.90 Å². The van der Waals surface area contributed by atoms with Crippen LogP contribution in [0, 0.1) is 5.92 Å². The van der Waals surface area contributed by atoms with Gasteiger partial charge < -0.3 is 16.4 Å². The van der Waals surface area contributed by atoms with Crippen LogP contribution in [0.1, 0.15) is 57.8 Å². The Morgan fingerprint density at radius 3 is 2.20 bits per heavy atom. The monoisotopic (exact) mass is 281 g/mol. The maximum Gasteiger partial charge on any atom is 0.237 e. The second-order valence-corrected chi connectivity index (χ2v) is 6.28. The molecule has 0 aliphatic heterocycles. The lowest BCUT2D eigenvalue weighted by Gasteiger charge is -2.33. The van der Waals surface area contributed by atoms with Gasteiger partial charge in [0.15, 0.2) is 0 Å². The first kappa shape index (κ1) is 15.3. The fourth-order valence-electron chi connectivity index (χ4n) is 3.63. The van der Waals surface area contributed by atoms with Crippen molar-refractivity contribution < 1.29 is 9.59 Å². The Labute approximate surface area is 121 Å².